The van der Waals surface area contributed by atoms with Crippen LogP contribution >= 0.6 is 0 Å². The highest BCUT2D eigenvalue weighted by molar-refractivity contribution is 6.01. The number of benzene rings is 2. The van der Waals surface area contributed by atoms with Crippen LogP contribution in [0, 0.1) is 6.92 Å². The molecule has 0 spiro atoms. The third kappa shape index (κ3) is 2.39. The zero-order valence-corrected chi connectivity index (χ0v) is 14.0. The van der Waals surface area contributed by atoms with E-state index in [9.17, 15) is 9.59 Å². The molecule has 5 nitrogen and oxygen atoms in total. The Morgan fingerprint density at radius 1 is 1.16 bits per heavy atom. The van der Waals surface area contributed by atoms with Crippen LogP contribution in [-0.2, 0) is 4.79 Å². The number of aromatic nitrogens is 1. The predicted octanol–water partition coefficient (Wildman–Crippen LogP) is 2.90. The molecule has 2 heterocycles. The quantitative estimate of drug-likeness (QED) is 0.770. The van der Waals surface area contributed by atoms with Gasteiger partial charge in [0, 0.05) is 40.7 Å². The minimum Gasteiger partial charge on any atom is -0.370 e. The van der Waals surface area contributed by atoms with Gasteiger partial charge in [-0.25, -0.2) is 0 Å². The number of H-pyrrole nitrogens is 1. The first-order valence-corrected chi connectivity index (χ1v) is 8.33. The highest BCUT2D eigenvalue weighted by atomic mass is 16.2. The van der Waals surface area contributed by atoms with E-state index in [1.54, 1.807) is 4.90 Å². The normalized spacial score (nSPS) is 16.4. The molecule has 0 saturated carbocycles. The van der Waals surface area contributed by atoms with E-state index in [0.29, 0.717) is 12.1 Å². The number of carbonyl (C=O) groups excluding carboxylic acids is 2. The predicted molar refractivity (Wildman–Crippen MR) is 96.2 cm³/mol. The Bertz CT molecular complexity index is 990. The van der Waals surface area contributed by atoms with E-state index in [2.05, 4.69) is 11.1 Å². The lowest BCUT2D eigenvalue weighted by Crippen LogP contribution is -2.32. The molecule has 2 amide bonds. The number of aryl methyl sites for hydroxylation is 1. The van der Waals surface area contributed by atoms with Crippen molar-refractivity contribution in [3.05, 3.63) is 70.9 Å². The first-order chi connectivity index (χ1) is 12.1. The Labute approximate surface area is 145 Å². The molecule has 1 atom stereocenters. The highest BCUT2D eigenvalue weighted by Crippen LogP contribution is 2.42. The van der Waals surface area contributed by atoms with Crippen molar-refractivity contribution in [1.82, 2.24) is 9.88 Å². The Balaban J connectivity index is 1.90. The summed E-state index contributed by atoms with van der Waals surface area (Å²) < 4.78 is 0. The fourth-order valence-corrected chi connectivity index (χ4v) is 3.79. The van der Waals surface area contributed by atoms with Gasteiger partial charge >= 0.3 is 0 Å². The van der Waals surface area contributed by atoms with Crippen LogP contribution in [0.1, 0.15) is 39.6 Å². The first kappa shape index (κ1) is 15.4. The minimum atomic E-state index is -0.404. The fraction of sp³-hybridized carbons (Fsp3) is 0.200. The molecule has 0 bridgehead atoms. The van der Waals surface area contributed by atoms with Gasteiger partial charge in [-0.2, -0.15) is 0 Å². The van der Waals surface area contributed by atoms with Crippen LogP contribution in [0.2, 0.25) is 0 Å². The molecular weight excluding hydrogens is 314 g/mol. The Hall–Kier alpha value is -3.08. The maximum atomic E-state index is 12.9. The van der Waals surface area contributed by atoms with Crippen molar-refractivity contribution in [3.63, 3.8) is 0 Å². The molecule has 1 aliphatic rings. The number of nitrogens with zero attached hydrogens (tertiary/aromatic N) is 1. The van der Waals surface area contributed by atoms with E-state index in [1.807, 2.05) is 49.4 Å². The number of amides is 2. The molecule has 0 saturated heterocycles. The average Bonchev–Trinajstić information content (AvgIpc) is 3.07. The molecule has 126 valence electrons. The van der Waals surface area contributed by atoms with E-state index >= 15 is 0 Å². The molecule has 1 aromatic heterocycles. The largest absolute Gasteiger partial charge is 0.370 e. The number of nitrogens with one attached hydrogen (secondary N) is 1. The van der Waals surface area contributed by atoms with E-state index in [0.717, 1.165) is 27.7 Å². The van der Waals surface area contributed by atoms with Gasteiger partial charge < -0.3 is 15.6 Å². The summed E-state index contributed by atoms with van der Waals surface area (Å²) in [4.78, 5) is 29.4. The molecule has 5 heteroatoms. The van der Waals surface area contributed by atoms with Crippen LogP contribution in [-0.4, -0.2) is 28.2 Å². The Kier molecular flexibility index (Phi) is 3.57. The van der Waals surface area contributed by atoms with Crippen LogP contribution in [0.5, 0.6) is 0 Å². The number of aromatic amines is 1. The summed E-state index contributed by atoms with van der Waals surface area (Å²) in [5.74, 6) is -0.454. The minimum absolute atomic E-state index is 0.0495. The Morgan fingerprint density at radius 2 is 1.88 bits per heavy atom. The molecule has 25 heavy (non-hydrogen) atoms. The monoisotopic (exact) mass is 333 g/mol. The summed E-state index contributed by atoms with van der Waals surface area (Å²) >= 11 is 0. The summed E-state index contributed by atoms with van der Waals surface area (Å²) in [6, 6.07) is 15.5. The molecule has 4 rings (SSSR count). The van der Waals surface area contributed by atoms with Crippen molar-refractivity contribution in [2.75, 3.05) is 6.54 Å². The number of rotatable bonds is 4. The van der Waals surface area contributed by atoms with Crippen molar-refractivity contribution in [3.8, 4) is 0 Å². The number of hydrogen-bond acceptors (Lipinski definition) is 2. The lowest BCUT2D eigenvalue weighted by Gasteiger charge is -2.25. The Morgan fingerprint density at radius 3 is 2.68 bits per heavy atom. The van der Waals surface area contributed by atoms with Crippen LogP contribution < -0.4 is 5.73 Å². The van der Waals surface area contributed by atoms with Gasteiger partial charge in [-0.1, -0.05) is 36.4 Å². The number of nitrogens with two attached hydrogens (primary N) is 1. The lowest BCUT2D eigenvalue weighted by molar-refractivity contribution is -0.118. The van der Waals surface area contributed by atoms with Crippen molar-refractivity contribution < 1.29 is 9.59 Å². The number of carbonyl (C=O) groups is 2. The van der Waals surface area contributed by atoms with Crippen molar-refractivity contribution in [2.45, 2.75) is 19.4 Å². The SMILES string of the molecule is Cc1[nH]c2ccccc2c1[C@@H]1c2ccccc2C(=O)N1CCC(N)=O. The second-order valence-electron chi connectivity index (χ2n) is 6.41. The van der Waals surface area contributed by atoms with Crippen LogP contribution in [0.3, 0.4) is 0 Å². The van der Waals surface area contributed by atoms with Crippen LogP contribution in [0.4, 0.5) is 0 Å². The van der Waals surface area contributed by atoms with Crippen molar-refractivity contribution in [1.29, 1.82) is 0 Å². The molecule has 3 N–H and O–H groups in total. The van der Waals surface area contributed by atoms with E-state index < -0.39 is 5.91 Å². The zero-order chi connectivity index (χ0) is 17.6. The lowest BCUT2D eigenvalue weighted by atomic mass is 9.95. The maximum absolute atomic E-state index is 12.9. The number of para-hydroxylation sites is 1. The van der Waals surface area contributed by atoms with Crippen LogP contribution in [0.25, 0.3) is 10.9 Å². The van der Waals surface area contributed by atoms with Gasteiger partial charge in [-0.15, -0.1) is 0 Å². The molecule has 1 aliphatic heterocycles. The number of hydrogen-bond donors (Lipinski definition) is 2. The number of fused-ring (bicyclic) bond motifs is 2. The third-order valence-corrected chi connectivity index (χ3v) is 4.87. The van der Waals surface area contributed by atoms with Gasteiger partial charge in [0.15, 0.2) is 0 Å². The van der Waals surface area contributed by atoms with Gasteiger partial charge in [-0.3, -0.25) is 9.59 Å². The molecule has 0 unspecified atom stereocenters. The summed E-state index contributed by atoms with van der Waals surface area (Å²) in [6.07, 6.45) is 0.150. The zero-order valence-electron chi connectivity index (χ0n) is 14.0. The van der Waals surface area contributed by atoms with E-state index in [4.69, 9.17) is 5.73 Å². The molecule has 0 fully saturated rings. The summed E-state index contributed by atoms with van der Waals surface area (Å²) in [6.45, 7) is 2.33. The highest BCUT2D eigenvalue weighted by Gasteiger charge is 2.39. The number of primary amides is 1. The van der Waals surface area contributed by atoms with Gasteiger partial charge in [0.05, 0.1) is 6.04 Å². The summed E-state index contributed by atoms with van der Waals surface area (Å²) in [7, 11) is 0. The molecule has 2 aromatic carbocycles. The second-order valence-corrected chi connectivity index (χ2v) is 6.41. The van der Waals surface area contributed by atoms with Gasteiger partial charge in [0.25, 0.3) is 5.91 Å². The second kappa shape index (κ2) is 5.77. The first-order valence-electron chi connectivity index (χ1n) is 8.33. The standard InChI is InChI=1S/C20H19N3O2/c1-12-18(15-8-4-5-9-16(15)22-12)19-13-6-2-3-7-14(13)20(25)23(19)11-10-17(21)24/h2-9,19,22H,10-11H2,1H3,(H2,21,24)/t19-/m0/s1. The molecular formula is C20H19N3O2. The average molecular weight is 333 g/mol. The van der Waals surface area contributed by atoms with Gasteiger partial charge in [0.1, 0.15) is 0 Å². The third-order valence-electron chi connectivity index (χ3n) is 4.87. The fourth-order valence-electron chi connectivity index (χ4n) is 3.79. The molecule has 3 aromatic rings. The maximum Gasteiger partial charge on any atom is 0.255 e. The molecule has 0 radical (unpaired) electrons. The van der Waals surface area contributed by atoms with Gasteiger partial charge in [0.2, 0.25) is 5.91 Å². The van der Waals surface area contributed by atoms with E-state index in [-0.39, 0.29) is 18.4 Å². The van der Waals surface area contributed by atoms with E-state index in [1.165, 1.54) is 0 Å². The smallest absolute Gasteiger partial charge is 0.255 e. The summed E-state index contributed by atoms with van der Waals surface area (Å²) in [5.41, 5.74) is 10.1. The van der Waals surface area contributed by atoms with Crippen LogP contribution in [0.15, 0.2) is 48.5 Å². The van der Waals surface area contributed by atoms with Crippen molar-refractivity contribution >= 4 is 22.7 Å². The van der Waals surface area contributed by atoms with Gasteiger partial charge in [-0.05, 0) is 24.6 Å². The summed E-state index contributed by atoms with van der Waals surface area (Å²) in [5, 5.41) is 1.10. The topological polar surface area (TPSA) is 79.2 Å². The van der Waals surface area contributed by atoms with Crippen molar-refractivity contribution in [2.24, 2.45) is 5.73 Å². The molecule has 0 aliphatic carbocycles.